The van der Waals surface area contributed by atoms with E-state index in [9.17, 15) is 4.79 Å². The summed E-state index contributed by atoms with van der Waals surface area (Å²) in [4.78, 5) is 16.1. The lowest BCUT2D eigenvalue weighted by Gasteiger charge is -2.15. The molecule has 0 fully saturated rings. The molecule has 1 amide bonds. The summed E-state index contributed by atoms with van der Waals surface area (Å²) < 4.78 is 23.8. The standard InChI is InChI=1S/C28H25N5O5S/c1-35-18-8-10-23(36-2)22(12-18)33-27(20-14-29-21-6-4-3-5-19(20)21)31-32-28(33)39-15-26(34)30-13-17-7-9-24-25(11-17)38-16-37-24/h3-12,14,29H,13,15-16H2,1-2H3,(H,30,34). The van der Waals surface area contributed by atoms with Crippen molar-refractivity contribution >= 4 is 28.6 Å². The van der Waals surface area contributed by atoms with Crippen LogP contribution in [0, 0.1) is 0 Å². The lowest BCUT2D eigenvalue weighted by molar-refractivity contribution is -0.118. The van der Waals surface area contributed by atoms with Crippen molar-refractivity contribution in [3.8, 4) is 40.1 Å². The minimum absolute atomic E-state index is 0.140. The van der Waals surface area contributed by atoms with Crippen LogP contribution in [0.4, 0.5) is 0 Å². The molecule has 0 aliphatic carbocycles. The molecule has 11 heteroatoms. The molecular formula is C28H25N5O5S. The first kappa shape index (κ1) is 24.7. The molecule has 3 heterocycles. The highest BCUT2D eigenvalue weighted by Crippen LogP contribution is 2.37. The molecule has 2 N–H and O–H groups in total. The Hall–Kier alpha value is -4.64. The third-order valence-corrected chi connectivity index (χ3v) is 7.28. The summed E-state index contributed by atoms with van der Waals surface area (Å²) in [5.74, 6) is 3.27. The number of carbonyl (C=O) groups is 1. The Kier molecular flexibility index (Phi) is 6.72. The molecule has 0 spiro atoms. The lowest BCUT2D eigenvalue weighted by atomic mass is 10.1. The Labute approximate surface area is 228 Å². The Morgan fingerprint density at radius 1 is 1.05 bits per heavy atom. The summed E-state index contributed by atoms with van der Waals surface area (Å²) in [6.45, 7) is 0.577. The van der Waals surface area contributed by atoms with Crippen molar-refractivity contribution in [2.24, 2.45) is 0 Å². The first-order valence-corrected chi connectivity index (χ1v) is 13.2. The van der Waals surface area contributed by atoms with Gasteiger partial charge in [0.2, 0.25) is 12.7 Å². The molecule has 0 saturated heterocycles. The molecule has 0 atom stereocenters. The Morgan fingerprint density at radius 2 is 1.92 bits per heavy atom. The summed E-state index contributed by atoms with van der Waals surface area (Å²) in [6.07, 6.45) is 1.91. The highest BCUT2D eigenvalue weighted by atomic mass is 32.2. The van der Waals surface area contributed by atoms with Crippen LogP contribution in [0.2, 0.25) is 0 Å². The predicted molar refractivity (Wildman–Crippen MR) is 147 cm³/mol. The highest BCUT2D eigenvalue weighted by Gasteiger charge is 2.22. The topological polar surface area (TPSA) is 113 Å². The van der Waals surface area contributed by atoms with Crippen molar-refractivity contribution in [3.05, 3.63) is 72.4 Å². The maximum absolute atomic E-state index is 12.8. The van der Waals surface area contributed by atoms with Gasteiger partial charge in [0.15, 0.2) is 22.5 Å². The van der Waals surface area contributed by atoms with E-state index in [1.807, 2.05) is 71.4 Å². The van der Waals surface area contributed by atoms with Crippen molar-refractivity contribution in [3.63, 3.8) is 0 Å². The SMILES string of the molecule is COc1ccc(OC)c(-n2c(SCC(=O)NCc3ccc4c(c3)OCO4)nnc2-c2c[nH]c3ccccc23)c1. The average Bonchev–Trinajstić information content (AvgIpc) is 3.72. The van der Waals surface area contributed by atoms with Crippen molar-refractivity contribution in [1.29, 1.82) is 0 Å². The molecule has 6 rings (SSSR count). The van der Waals surface area contributed by atoms with E-state index in [0.717, 1.165) is 22.0 Å². The van der Waals surface area contributed by atoms with Gasteiger partial charge in [-0.1, -0.05) is 36.0 Å². The number of nitrogens with one attached hydrogen (secondary N) is 2. The predicted octanol–water partition coefficient (Wildman–Crippen LogP) is 4.57. The van der Waals surface area contributed by atoms with Crippen LogP contribution in [0.1, 0.15) is 5.56 Å². The van der Waals surface area contributed by atoms with Crippen LogP contribution in [-0.2, 0) is 11.3 Å². The van der Waals surface area contributed by atoms with Gasteiger partial charge in [-0.2, -0.15) is 0 Å². The van der Waals surface area contributed by atoms with Crippen molar-refractivity contribution < 1.29 is 23.7 Å². The number of H-pyrrole nitrogens is 1. The van der Waals surface area contributed by atoms with Gasteiger partial charge in [-0.05, 0) is 35.9 Å². The molecular weight excluding hydrogens is 518 g/mol. The first-order valence-electron chi connectivity index (χ1n) is 12.2. The van der Waals surface area contributed by atoms with E-state index in [-0.39, 0.29) is 18.5 Å². The van der Waals surface area contributed by atoms with Gasteiger partial charge in [0.25, 0.3) is 0 Å². The Bertz CT molecular complexity index is 1660. The largest absolute Gasteiger partial charge is 0.497 e. The molecule has 1 aliphatic heterocycles. The summed E-state index contributed by atoms with van der Waals surface area (Å²) in [7, 11) is 3.22. The number of para-hydroxylation sites is 1. The van der Waals surface area contributed by atoms with Crippen LogP contribution in [0.3, 0.4) is 0 Å². The monoisotopic (exact) mass is 543 g/mol. The van der Waals surface area contributed by atoms with Crippen LogP contribution in [0.15, 0.2) is 72.0 Å². The highest BCUT2D eigenvalue weighted by molar-refractivity contribution is 7.99. The average molecular weight is 544 g/mol. The molecule has 0 unspecified atom stereocenters. The molecule has 2 aromatic heterocycles. The van der Waals surface area contributed by atoms with Crippen LogP contribution in [0.5, 0.6) is 23.0 Å². The zero-order valence-electron chi connectivity index (χ0n) is 21.3. The lowest BCUT2D eigenvalue weighted by Crippen LogP contribution is -2.24. The number of aromatic amines is 1. The van der Waals surface area contributed by atoms with Crippen LogP contribution < -0.4 is 24.3 Å². The molecule has 10 nitrogen and oxygen atoms in total. The smallest absolute Gasteiger partial charge is 0.231 e. The molecule has 5 aromatic rings. The van der Waals surface area contributed by atoms with Gasteiger partial charge in [0.05, 0.1) is 25.7 Å². The van der Waals surface area contributed by atoms with E-state index in [2.05, 4.69) is 20.5 Å². The van der Waals surface area contributed by atoms with Gasteiger partial charge >= 0.3 is 0 Å². The fourth-order valence-corrected chi connectivity index (χ4v) is 5.19. The van der Waals surface area contributed by atoms with Gasteiger partial charge in [-0.3, -0.25) is 9.36 Å². The number of methoxy groups -OCH3 is 2. The first-order chi connectivity index (χ1) is 19.1. The van der Waals surface area contributed by atoms with Crippen molar-refractivity contribution in [2.75, 3.05) is 26.8 Å². The van der Waals surface area contributed by atoms with Gasteiger partial charge in [-0.15, -0.1) is 10.2 Å². The number of hydrogen-bond donors (Lipinski definition) is 2. The second kappa shape index (κ2) is 10.6. The number of amides is 1. The van der Waals surface area contributed by atoms with E-state index in [0.29, 0.717) is 46.2 Å². The van der Waals surface area contributed by atoms with E-state index < -0.39 is 0 Å². The van der Waals surface area contributed by atoms with E-state index in [4.69, 9.17) is 18.9 Å². The third kappa shape index (κ3) is 4.84. The summed E-state index contributed by atoms with van der Waals surface area (Å²) in [6, 6.07) is 19.1. The summed E-state index contributed by atoms with van der Waals surface area (Å²) in [5, 5.41) is 13.5. The maximum atomic E-state index is 12.8. The van der Waals surface area contributed by atoms with Gasteiger partial charge < -0.3 is 29.2 Å². The number of nitrogens with zero attached hydrogens (tertiary/aromatic N) is 3. The number of benzene rings is 3. The number of ether oxygens (including phenoxy) is 4. The molecule has 0 bridgehead atoms. The fraction of sp³-hybridized carbons (Fsp3) is 0.179. The molecule has 3 aromatic carbocycles. The van der Waals surface area contributed by atoms with Crippen molar-refractivity contribution in [2.45, 2.75) is 11.7 Å². The number of carbonyl (C=O) groups excluding carboxylic acids is 1. The molecule has 1 aliphatic rings. The molecule has 198 valence electrons. The number of hydrogen-bond acceptors (Lipinski definition) is 8. The summed E-state index contributed by atoms with van der Waals surface area (Å²) >= 11 is 1.29. The summed E-state index contributed by atoms with van der Waals surface area (Å²) in [5.41, 5.74) is 3.48. The van der Waals surface area contributed by atoms with Gasteiger partial charge in [0, 0.05) is 35.3 Å². The number of rotatable bonds is 9. The fourth-order valence-electron chi connectivity index (χ4n) is 4.42. The zero-order chi connectivity index (χ0) is 26.8. The minimum atomic E-state index is -0.140. The number of fused-ring (bicyclic) bond motifs is 2. The van der Waals surface area contributed by atoms with Gasteiger partial charge in [0.1, 0.15) is 11.5 Å². The second-order valence-electron chi connectivity index (χ2n) is 8.68. The second-order valence-corrected chi connectivity index (χ2v) is 9.62. The minimum Gasteiger partial charge on any atom is -0.497 e. The molecule has 39 heavy (non-hydrogen) atoms. The van der Waals surface area contributed by atoms with Crippen LogP contribution in [-0.4, -0.2) is 52.4 Å². The quantitative estimate of drug-likeness (QED) is 0.260. The van der Waals surface area contributed by atoms with E-state index in [1.54, 1.807) is 14.2 Å². The normalized spacial score (nSPS) is 12.1. The molecule has 0 radical (unpaired) electrons. The Morgan fingerprint density at radius 3 is 2.79 bits per heavy atom. The zero-order valence-corrected chi connectivity index (χ0v) is 22.1. The van der Waals surface area contributed by atoms with Crippen LogP contribution in [0.25, 0.3) is 28.0 Å². The van der Waals surface area contributed by atoms with Gasteiger partial charge in [-0.25, -0.2) is 0 Å². The third-order valence-electron chi connectivity index (χ3n) is 6.35. The van der Waals surface area contributed by atoms with E-state index in [1.165, 1.54) is 11.8 Å². The maximum Gasteiger partial charge on any atom is 0.231 e. The van der Waals surface area contributed by atoms with Crippen molar-refractivity contribution in [1.82, 2.24) is 25.1 Å². The van der Waals surface area contributed by atoms with E-state index >= 15 is 0 Å². The number of thioether (sulfide) groups is 1. The molecule has 0 saturated carbocycles. The number of aromatic nitrogens is 4. The van der Waals surface area contributed by atoms with Crippen LogP contribution >= 0.6 is 11.8 Å². The Balaban J connectivity index is 1.29.